The molecule has 1 aromatic carbocycles. The van der Waals surface area contributed by atoms with Crippen LogP contribution in [0.1, 0.15) is 51.0 Å². The van der Waals surface area contributed by atoms with Crippen LogP contribution in [0.25, 0.3) is 0 Å². The van der Waals surface area contributed by atoms with Gasteiger partial charge in [0.1, 0.15) is 0 Å². The molecular weight excluding hydrogens is 224 g/mol. The fourth-order valence-corrected chi connectivity index (χ4v) is 3.67. The van der Waals surface area contributed by atoms with Crippen LogP contribution < -0.4 is 0 Å². The smallest absolute Gasteiger partial charge is 0.310 e. The van der Waals surface area contributed by atoms with Gasteiger partial charge in [-0.1, -0.05) is 57.0 Å². The Morgan fingerprint density at radius 1 is 1.17 bits per heavy atom. The molecule has 0 spiro atoms. The van der Waals surface area contributed by atoms with Crippen molar-refractivity contribution in [3.05, 3.63) is 35.9 Å². The predicted octanol–water partition coefficient (Wildman–Crippen LogP) is 4.07. The summed E-state index contributed by atoms with van der Waals surface area (Å²) >= 11 is 0. The zero-order valence-corrected chi connectivity index (χ0v) is 11.2. The number of benzene rings is 1. The van der Waals surface area contributed by atoms with Crippen molar-refractivity contribution in [1.29, 1.82) is 0 Å². The summed E-state index contributed by atoms with van der Waals surface area (Å²) in [4.78, 5) is 11.8. The Kier molecular flexibility index (Phi) is 3.74. The first kappa shape index (κ1) is 13.1. The van der Waals surface area contributed by atoms with Gasteiger partial charge in [0.15, 0.2) is 0 Å². The van der Waals surface area contributed by atoms with E-state index in [-0.39, 0.29) is 5.92 Å². The van der Waals surface area contributed by atoms with E-state index in [1.165, 1.54) is 5.56 Å². The molecule has 0 radical (unpaired) electrons. The Hall–Kier alpha value is -1.31. The van der Waals surface area contributed by atoms with Crippen molar-refractivity contribution in [3.8, 4) is 0 Å². The number of carboxylic acids is 1. The molecule has 0 aromatic heterocycles. The van der Waals surface area contributed by atoms with Crippen LogP contribution in [0.15, 0.2) is 30.3 Å². The lowest BCUT2D eigenvalue weighted by atomic mass is 9.66. The monoisotopic (exact) mass is 246 g/mol. The van der Waals surface area contributed by atoms with Gasteiger partial charge in [-0.3, -0.25) is 4.79 Å². The van der Waals surface area contributed by atoms with E-state index in [1.807, 2.05) is 18.2 Å². The highest BCUT2D eigenvalue weighted by atomic mass is 16.4. The largest absolute Gasteiger partial charge is 0.481 e. The third kappa shape index (κ3) is 2.16. The molecule has 0 bridgehead atoms. The molecule has 18 heavy (non-hydrogen) atoms. The second-order valence-corrected chi connectivity index (χ2v) is 5.80. The van der Waals surface area contributed by atoms with E-state index in [1.54, 1.807) is 0 Å². The van der Waals surface area contributed by atoms with Gasteiger partial charge < -0.3 is 5.11 Å². The van der Waals surface area contributed by atoms with Gasteiger partial charge in [0.2, 0.25) is 0 Å². The normalized spacial score (nSPS) is 19.9. The Bertz CT molecular complexity index is 402. The molecule has 0 aliphatic heterocycles. The van der Waals surface area contributed by atoms with Crippen molar-refractivity contribution >= 4 is 5.97 Å². The number of rotatable bonds is 4. The third-order valence-electron chi connectivity index (χ3n) is 4.34. The maximum Gasteiger partial charge on any atom is 0.310 e. The number of aliphatic carboxylic acids is 1. The first-order valence-electron chi connectivity index (χ1n) is 6.86. The van der Waals surface area contributed by atoms with Crippen LogP contribution in [0.2, 0.25) is 0 Å². The van der Waals surface area contributed by atoms with E-state index in [4.69, 9.17) is 0 Å². The molecule has 1 N–H and O–H groups in total. The van der Waals surface area contributed by atoms with Gasteiger partial charge in [0.25, 0.3) is 0 Å². The molecule has 2 rings (SSSR count). The molecule has 1 aliphatic rings. The first-order chi connectivity index (χ1) is 8.58. The molecule has 98 valence electrons. The highest BCUT2D eigenvalue weighted by Gasteiger charge is 2.49. The molecule has 0 saturated heterocycles. The number of carbonyl (C=O) groups is 1. The van der Waals surface area contributed by atoms with E-state index in [9.17, 15) is 9.90 Å². The second-order valence-electron chi connectivity index (χ2n) is 5.80. The SMILES string of the molecule is CC(C)C(c1ccccc1)C1(C(=O)O)CCCC1. The van der Waals surface area contributed by atoms with E-state index in [0.29, 0.717) is 5.92 Å². The third-order valence-corrected chi connectivity index (χ3v) is 4.34. The fourth-order valence-electron chi connectivity index (χ4n) is 3.67. The molecule has 1 fully saturated rings. The molecule has 1 unspecified atom stereocenters. The lowest BCUT2D eigenvalue weighted by molar-refractivity contribution is -0.151. The minimum Gasteiger partial charge on any atom is -0.481 e. The van der Waals surface area contributed by atoms with Gasteiger partial charge in [-0.25, -0.2) is 0 Å². The summed E-state index contributed by atoms with van der Waals surface area (Å²) in [6.45, 7) is 4.28. The van der Waals surface area contributed by atoms with Crippen molar-refractivity contribution in [2.45, 2.75) is 45.4 Å². The predicted molar refractivity (Wildman–Crippen MR) is 72.6 cm³/mol. The molecule has 0 heterocycles. The van der Waals surface area contributed by atoms with Crippen LogP contribution in [0.3, 0.4) is 0 Å². The maximum absolute atomic E-state index is 11.8. The van der Waals surface area contributed by atoms with Gasteiger partial charge in [-0.05, 0) is 24.3 Å². The molecular formula is C16H22O2. The summed E-state index contributed by atoms with van der Waals surface area (Å²) in [5.74, 6) is -0.136. The molecule has 1 aromatic rings. The summed E-state index contributed by atoms with van der Waals surface area (Å²) in [6.07, 6.45) is 3.73. The number of hydrogen-bond acceptors (Lipinski definition) is 1. The zero-order valence-electron chi connectivity index (χ0n) is 11.2. The molecule has 1 aliphatic carbocycles. The summed E-state index contributed by atoms with van der Waals surface area (Å²) < 4.78 is 0. The lowest BCUT2D eigenvalue weighted by Crippen LogP contribution is -2.37. The fraction of sp³-hybridized carbons (Fsp3) is 0.562. The molecule has 2 heteroatoms. The average molecular weight is 246 g/mol. The van der Waals surface area contributed by atoms with Crippen LogP contribution in [0.5, 0.6) is 0 Å². The van der Waals surface area contributed by atoms with E-state index in [2.05, 4.69) is 26.0 Å². The van der Waals surface area contributed by atoms with Crippen molar-refractivity contribution in [1.82, 2.24) is 0 Å². The summed E-state index contributed by atoms with van der Waals surface area (Å²) in [7, 11) is 0. The average Bonchev–Trinajstić information content (AvgIpc) is 2.80. The van der Waals surface area contributed by atoms with E-state index in [0.717, 1.165) is 25.7 Å². The van der Waals surface area contributed by atoms with Gasteiger partial charge in [0, 0.05) is 5.92 Å². The second kappa shape index (κ2) is 5.13. The number of hydrogen-bond donors (Lipinski definition) is 1. The Morgan fingerprint density at radius 2 is 1.72 bits per heavy atom. The summed E-state index contributed by atoms with van der Waals surface area (Å²) in [5, 5.41) is 9.74. The van der Waals surface area contributed by atoms with Crippen LogP contribution >= 0.6 is 0 Å². The first-order valence-corrected chi connectivity index (χ1v) is 6.86. The standard InChI is InChI=1S/C16H22O2/c1-12(2)14(13-8-4-3-5-9-13)16(15(17)18)10-6-7-11-16/h3-5,8-9,12,14H,6-7,10-11H2,1-2H3,(H,17,18). The molecule has 2 nitrogen and oxygen atoms in total. The van der Waals surface area contributed by atoms with Gasteiger partial charge >= 0.3 is 5.97 Å². The highest BCUT2D eigenvalue weighted by Crippen LogP contribution is 2.52. The van der Waals surface area contributed by atoms with Crippen molar-refractivity contribution in [2.24, 2.45) is 11.3 Å². The minimum absolute atomic E-state index is 0.124. The van der Waals surface area contributed by atoms with Crippen molar-refractivity contribution < 1.29 is 9.90 Å². The van der Waals surface area contributed by atoms with Crippen molar-refractivity contribution in [3.63, 3.8) is 0 Å². The quantitative estimate of drug-likeness (QED) is 0.869. The van der Waals surface area contributed by atoms with Crippen molar-refractivity contribution in [2.75, 3.05) is 0 Å². The van der Waals surface area contributed by atoms with Crippen LogP contribution in [-0.2, 0) is 4.79 Å². The zero-order chi connectivity index (χ0) is 13.2. The molecule has 1 atom stereocenters. The lowest BCUT2D eigenvalue weighted by Gasteiger charge is -2.37. The maximum atomic E-state index is 11.8. The molecule has 0 amide bonds. The molecule has 1 saturated carbocycles. The van der Waals surface area contributed by atoms with Gasteiger partial charge in [-0.2, -0.15) is 0 Å². The number of carboxylic acid groups (broad SMARTS) is 1. The highest BCUT2D eigenvalue weighted by molar-refractivity contribution is 5.76. The van der Waals surface area contributed by atoms with E-state index < -0.39 is 11.4 Å². The van der Waals surface area contributed by atoms with Gasteiger partial charge in [-0.15, -0.1) is 0 Å². The Labute approximate surface area is 109 Å². The Morgan fingerprint density at radius 3 is 2.17 bits per heavy atom. The van der Waals surface area contributed by atoms with Crippen LogP contribution in [-0.4, -0.2) is 11.1 Å². The summed E-state index contributed by atoms with van der Waals surface area (Å²) in [5.41, 5.74) is 0.631. The Balaban J connectivity index is 2.44. The van der Waals surface area contributed by atoms with Gasteiger partial charge in [0.05, 0.1) is 5.41 Å². The summed E-state index contributed by atoms with van der Waals surface area (Å²) in [6, 6.07) is 10.2. The van der Waals surface area contributed by atoms with Crippen LogP contribution in [0.4, 0.5) is 0 Å². The topological polar surface area (TPSA) is 37.3 Å². The van der Waals surface area contributed by atoms with Crippen LogP contribution in [0, 0.1) is 11.3 Å². The van der Waals surface area contributed by atoms with E-state index >= 15 is 0 Å². The minimum atomic E-state index is -0.609.